The van der Waals surface area contributed by atoms with Crippen LogP contribution in [0.3, 0.4) is 0 Å². The molecule has 3 heterocycles. The Hall–Kier alpha value is -3.18. The van der Waals surface area contributed by atoms with E-state index in [9.17, 15) is 4.79 Å². The zero-order valence-corrected chi connectivity index (χ0v) is 20.2. The number of nitrogens with zero attached hydrogens (tertiary/aromatic N) is 3. The van der Waals surface area contributed by atoms with Crippen LogP contribution in [0.15, 0.2) is 67.0 Å². The molecule has 34 heavy (non-hydrogen) atoms. The Bertz CT molecular complexity index is 1120. The van der Waals surface area contributed by atoms with Gasteiger partial charge in [-0.1, -0.05) is 36.8 Å². The van der Waals surface area contributed by atoms with E-state index in [1.807, 2.05) is 17.0 Å². The molecule has 2 aliphatic heterocycles. The summed E-state index contributed by atoms with van der Waals surface area (Å²) in [6, 6.07) is 19.8. The van der Waals surface area contributed by atoms with Crippen molar-refractivity contribution in [2.24, 2.45) is 0 Å². The van der Waals surface area contributed by atoms with E-state index in [0.29, 0.717) is 0 Å². The number of anilines is 2. The summed E-state index contributed by atoms with van der Waals surface area (Å²) in [5.41, 5.74) is 6.98. The van der Waals surface area contributed by atoms with Gasteiger partial charge in [0, 0.05) is 43.3 Å². The summed E-state index contributed by atoms with van der Waals surface area (Å²) >= 11 is 0. The third kappa shape index (κ3) is 4.85. The smallest absolute Gasteiger partial charge is 0.224 e. The van der Waals surface area contributed by atoms with Crippen LogP contribution in [0.25, 0.3) is 11.1 Å². The molecule has 0 bridgehead atoms. The molecule has 5 nitrogen and oxygen atoms in total. The number of hydrogen-bond donors (Lipinski definition) is 1. The lowest BCUT2D eigenvalue weighted by molar-refractivity contribution is -0.117. The predicted octanol–water partition coefficient (Wildman–Crippen LogP) is 6.03. The molecule has 0 spiro atoms. The molecule has 2 atom stereocenters. The maximum absolute atomic E-state index is 12.5. The maximum atomic E-state index is 12.5. The van der Waals surface area contributed by atoms with Crippen molar-refractivity contribution in [2.45, 2.75) is 58.2 Å². The first-order valence-corrected chi connectivity index (χ1v) is 12.5. The summed E-state index contributed by atoms with van der Waals surface area (Å²) in [5.74, 6) is 0.0888. The molecular weight excluding hydrogens is 420 g/mol. The number of aromatic nitrogens is 1. The monoisotopic (exact) mass is 454 g/mol. The minimum atomic E-state index is 0.0888. The van der Waals surface area contributed by atoms with Gasteiger partial charge in [-0.2, -0.15) is 0 Å². The van der Waals surface area contributed by atoms with Crippen molar-refractivity contribution in [3.63, 3.8) is 0 Å². The average Bonchev–Trinajstić information content (AvgIpc) is 2.85. The number of rotatable bonds is 5. The fraction of sp³-hybridized carbons (Fsp3) is 0.379. The Kier molecular flexibility index (Phi) is 6.63. The van der Waals surface area contributed by atoms with Crippen LogP contribution in [0, 0.1) is 0 Å². The summed E-state index contributed by atoms with van der Waals surface area (Å²) in [4.78, 5) is 21.1. The molecule has 2 unspecified atom stereocenters. The Morgan fingerprint density at radius 2 is 1.68 bits per heavy atom. The van der Waals surface area contributed by atoms with Crippen LogP contribution in [-0.2, 0) is 11.3 Å². The fourth-order valence-electron chi connectivity index (χ4n) is 5.49. The number of carbonyl (C=O) groups is 1. The Morgan fingerprint density at radius 1 is 0.971 bits per heavy atom. The lowest BCUT2D eigenvalue weighted by atomic mass is 9.88. The molecule has 3 aromatic rings. The summed E-state index contributed by atoms with van der Waals surface area (Å²) in [6.07, 6.45) is 8.46. The minimum absolute atomic E-state index is 0.0888. The average molecular weight is 455 g/mol. The van der Waals surface area contributed by atoms with Crippen molar-refractivity contribution in [1.82, 2.24) is 9.88 Å². The molecule has 176 valence electrons. The molecule has 1 fully saturated rings. The molecule has 1 N–H and O–H groups in total. The molecular formula is C29H34N4O. The SMILES string of the molecule is CC(=O)N1c2ccc(-c3ccc(CN4CCCCC4)cc3)cc2C(Nc2ccncc2)CC1C. The molecule has 1 aromatic heterocycles. The number of fused-ring (bicyclic) bond motifs is 1. The van der Waals surface area contributed by atoms with Crippen LogP contribution in [0.5, 0.6) is 0 Å². The number of nitrogens with one attached hydrogen (secondary N) is 1. The molecule has 0 aliphatic carbocycles. The van der Waals surface area contributed by atoms with Gasteiger partial charge in [0.05, 0.1) is 6.04 Å². The zero-order chi connectivity index (χ0) is 23.5. The summed E-state index contributed by atoms with van der Waals surface area (Å²) in [7, 11) is 0. The van der Waals surface area contributed by atoms with Gasteiger partial charge in [0.25, 0.3) is 0 Å². The van der Waals surface area contributed by atoms with Crippen LogP contribution < -0.4 is 10.2 Å². The van der Waals surface area contributed by atoms with Crippen molar-refractivity contribution in [3.8, 4) is 11.1 Å². The quantitative estimate of drug-likeness (QED) is 0.511. The van der Waals surface area contributed by atoms with Gasteiger partial charge in [0.15, 0.2) is 0 Å². The van der Waals surface area contributed by atoms with Gasteiger partial charge in [-0.05, 0) is 85.8 Å². The van der Waals surface area contributed by atoms with E-state index in [1.54, 1.807) is 19.3 Å². The van der Waals surface area contributed by atoms with Crippen molar-refractivity contribution >= 4 is 17.3 Å². The lowest BCUT2D eigenvalue weighted by Gasteiger charge is -2.39. The highest BCUT2D eigenvalue weighted by molar-refractivity contribution is 5.94. The number of carbonyl (C=O) groups excluding carboxylic acids is 1. The molecule has 1 amide bonds. The Morgan fingerprint density at radius 3 is 2.38 bits per heavy atom. The normalized spacial score (nSPS) is 20.6. The predicted molar refractivity (Wildman–Crippen MR) is 139 cm³/mol. The van der Waals surface area contributed by atoms with E-state index in [-0.39, 0.29) is 18.0 Å². The topological polar surface area (TPSA) is 48.5 Å². The summed E-state index contributed by atoms with van der Waals surface area (Å²) < 4.78 is 0. The van der Waals surface area contributed by atoms with E-state index < -0.39 is 0 Å². The largest absolute Gasteiger partial charge is 0.378 e. The summed E-state index contributed by atoms with van der Waals surface area (Å²) in [5, 5.41) is 3.68. The highest BCUT2D eigenvalue weighted by Gasteiger charge is 2.32. The minimum Gasteiger partial charge on any atom is -0.378 e. The first-order chi connectivity index (χ1) is 16.6. The molecule has 5 heteroatoms. The van der Waals surface area contributed by atoms with Crippen LogP contribution in [0.4, 0.5) is 11.4 Å². The second-order valence-electron chi connectivity index (χ2n) is 9.71. The number of piperidine rings is 1. The van der Waals surface area contributed by atoms with Gasteiger partial charge in [-0.25, -0.2) is 0 Å². The van der Waals surface area contributed by atoms with E-state index in [0.717, 1.165) is 24.3 Å². The molecule has 0 radical (unpaired) electrons. The van der Waals surface area contributed by atoms with E-state index in [4.69, 9.17) is 0 Å². The highest BCUT2D eigenvalue weighted by atomic mass is 16.2. The first kappa shape index (κ1) is 22.6. The number of hydrogen-bond acceptors (Lipinski definition) is 4. The van der Waals surface area contributed by atoms with Gasteiger partial charge in [-0.3, -0.25) is 14.7 Å². The second kappa shape index (κ2) is 9.98. The molecule has 2 aromatic carbocycles. The third-order valence-electron chi connectivity index (χ3n) is 7.18. The fourth-order valence-corrected chi connectivity index (χ4v) is 5.49. The third-order valence-corrected chi connectivity index (χ3v) is 7.18. The van der Waals surface area contributed by atoms with E-state index in [2.05, 4.69) is 64.6 Å². The maximum Gasteiger partial charge on any atom is 0.224 e. The Labute approximate surface area is 202 Å². The van der Waals surface area contributed by atoms with Gasteiger partial charge in [0.2, 0.25) is 5.91 Å². The number of amides is 1. The van der Waals surface area contributed by atoms with Crippen molar-refractivity contribution in [1.29, 1.82) is 0 Å². The number of pyridine rings is 1. The molecule has 5 rings (SSSR count). The molecule has 0 saturated carbocycles. The lowest BCUT2D eigenvalue weighted by Crippen LogP contribution is -2.43. The van der Waals surface area contributed by atoms with E-state index >= 15 is 0 Å². The van der Waals surface area contributed by atoms with Crippen molar-refractivity contribution < 1.29 is 4.79 Å². The standard InChI is InChI=1S/C29H34N4O/c1-21-18-28(31-26-12-14-30-15-13-26)27-19-25(10-11-29(27)33(21)22(2)34)24-8-6-23(7-9-24)20-32-16-4-3-5-17-32/h6-15,19,21,28H,3-5,16-18,20H2,1-2H3,(H,30,31). The first-order valence-electron chi connectivity index (χ1n) is 12.5. The molecule has 1 saturated heterocycles. The van der Waals surface area contributed by atoms with Gasteiger partial charge in [-0.15, -0.1) is 0 Å². The van der Waals surface area contributed by atoms with Gasteiger partial charge in [0.1, 0.15) is 0 Å². The van der Waals surface area contributed by atoms with Crippen LogP contribution >= 0.6 is 0 Å². The van der Waals surface area contributed by atoms with Crippen LogP contribution in [0.1, 0.15) is 56.7 Å². The second-order valence-corrected chi connectivity index (χ2v) is 9.71. The molecule has 2 aliphatic rings. The number of likely N-dealkylation sites (tertiary alicyclic amines) is 1. The summed E-state index contributed by atoms with van der Waals surface area (Å²) in [6.45, 7) is 7.24. The van der Waals surface area contributed by atoms with Gasteiger partial charge >= 0.3 is 0 Å². The van der Waals surface area contributed by atoms with Gasteiger partial charge < -0.3 is 10.2 Å². The van der Waals surface area contributed by atoms with Crippen LogP contribution in [0.2, 0.25) is 0 Å². The van der Waals surface area contributed by atoms with Crippen molar-refractivity contribution in [3.05, 3.63) is 78.1 Å². The van der Waals surface area contributed by atoms with E-state index in [1.165, 1.54) is 54.6 Å². The number of benzene rings is 2. The van der Waals surface area contributed by atoms with Crippen LogP contribution in [-0.4, -0.2) is 34.9 Å². The highest BCUT2D eigenvalue weighted by Crippen LogP contribution is 2.41. The van der Waals surface area contributed by atoms with Crippen molar-refractivity contribution in [2.75, 3.05) is 23.3 Å². The zero-order valence-electron chi connectivity index (χ0n) is 20.2. The Balaban J connectivity index is 1.43.